The fourth-order valence-electron chi connectivity index (χ4n) is 3.46. The molecule has 0 radical (unpaired) electrons. The van der Waals surface area contributed by atoms with E-state index in [4.69, 9.17) is 14.5 Å². The van der Waals surface area contributed by atoms with Gasteiger partial charge in [0.2, 0.25) is 6.79 Å². The lowest BCUT2D eigenvalue weighted by atomic mass is 10.1. The lowest BCUT2D eigenvalue weighted by Crippen LogP contribution is -2.50. The number of benzene rings is 2. The summed E-state index contributed by atoms with van der Waals surface area (Å²) >= 11 is 4.66. The number of amides is 1. The van der Waals surface area contributed by atoms with Gasteiger partial charge in [0.05, 0.1) is 21.9 Å². The Labute approximate surface area is 181 Å². The van der Waals surface area contributed by atoms with Crippen molar-refractivity contribution in [3.8, 4) is 11.5 Å². The summed E-state index contributed by atoms with van der Waals surface area (Å²) in [6, 6.07) is 8.15. The van der Waals surface area contributed by atoms with Crippen LogP contribution in [-0.2, 0) is 4.79 Å². The number of rotatable bonds is 2. The first-order valence-electron chi connectivity index (χ1n) is 8.65. The first-order chi connectivity index (χ1) is 14.5. The molecule has 30 heavy (non-hydrogen) atoms. The van der Waals surface area contributed by atoms with Gasteiger partial charge >= 0.3 is 0 Å². The third-order valence-corrected chi connectivity index (χ3v) is 5.82. The number of hydrogen-bond acceptors (Lipinski definition) is 9. The van der Waals surface area contributed by atoms with Gasteiger partial charge < -0.3 is 9.47 Å². The maximum Gasteiger partial charge on any atom is 0.280 e. The number of hydrazone groups is 1. The van der Waals surface area contributed by atoms with E-state index in [0.717, 1.165) is 4.47 Å². The van der Waals surface area contributed by atoms with Crippen LogP contribution in [0.4, 0.5) is 5.69 Å². The van der Waals surface area contributed by atoms with Gasteiger partial charge in [-0.1, -0.05) is 27.7 Å². The first kappa shape index (κ1) is 18.9. The second-order valence-corrected chi connectivity index (χ2v) is 8.15. The summed E-state index contributed by atoms with van der Waals surface area (Å²) < 4.78 is 11.5. The number of nitro benzene ring substituents is 1. The van der Waals surface area contributed by atoms with Crippen LogP contribution in [0.3, 0.4) is 0 Å². The van der Waals surface area contributed by atoms with Gasteiger partial charge in [-0.2, -0.15) is 0 Å². The molecule has 1 atom stereocenters. The Bertz CT molecular complexity index is 1280. The number of nitrogens with one attached hydrogen (secondary N) is 1. The number of amidine groups is 1. The highest BCUT2D eigenvalue weighted by Gasteiger charge is 2.38. The van der Waals surface area contributed by atoms with Crippen LogP contribution in [-0.4, -0.2) is 34.1 Å². The average molecular weight is 490 g/mol. The molecule has 0 saturated heterocycles. The predicted molar refractivity (Wildman–Crippen MR) is 111 cm³/mol. The fourth-order valence-corrected chi connectivity index (χ4v) is 4.18. The van der Waals surface area contributed by atoms with E-state index in [2.05, 4.69) is 26.3 Å². The number of thioether (sulfide) groups is 1. The maximum absolute atomic E-state index is 12.9. The van der Waals surface area contributed by atoms with Gasteiger partial charge in [0.1, 0.15) is 5.70 Å². The Morgan fingerprint density at radius 1 is 1.30 bits per heavy atom. The van der Waals surface area contributed by atoms with E-state index in [1.165, 1.54) is 28.9 Å². The Morgan fingerprint density at radius 2 is 2.07 bits per heavy atom. The van der Waals surface area contributed by atoms with Crippen molar-refractivity contribution in [3.05, 3.63) is 61.1 Å². The van der Waals surface area contributed by atoms with Crippen molar-refractivity contribution in [1.82, 2.24) is 10.3 Å². The molecular weight excluding hydrogens is 478 g/mol. The fraction of sp³-hybridized carbons (Fsp3) is 0.167. The summed E-state index contributed by atoms with van der Waals surface area (Å²) in [5.41, 5.74) is 0.310. The van der Waals surface area contributed by atoms with E-state index in [1.54, 1.807) is 24.5 Å². The van der Waals surface area contributed by atoms with E-state index >= 15 is 0 Å². The highest BCUT2D eigenvalue weighted by Crippen LogP contribution is 2.43. The third-order valence-electron chi connectivity index (χ3n) is 4.76. The van der Waals surface area contributed by atoms with Crippen LogP contribution in [0.25, 0.3) is 5.70 Å². The zero-order valence-corrected chi connectivity index (χ0v) is 17.7. The minimum atomic E-state index is -0.934. The Kier molecular flexibility index (Phi) is 4.40. The second-order valence-electron chi connectivity index (χ2n) is 6.44. The van der Waals surface area contributed by atoms with Crippen molar-refractivity contribution in [3.63, 3.8) is 0 Å². The van der Waals surface area contributed by atoms with Gasteiger partial charge in [-0.3, -0.25) is 25.2 Å². The summed E-state index contributed by atoms with van der Waals surface area (Å²) in [6.07, 6.45) is 0.838. The van der Waals surface area contributed by atoms with Crippen LogP contribution in [0.1, 0.15) is 11.7 Å². The standard InChI is InChI=1S/C18H12BrN5O5S/c1-30-18-21-17(25)15-9-4-8(19)2-3-11(9)20-16(23(15)22-18)10-5-13-14(29-7-28-13)6-12(10)24(26)27/h2-6,16H,7H2,1H3,(H,21,22,25). The minimum Gasteiger partial charge on any atom is -0.454 e. The van der Waals surface area contributed by atoms with Crippen LogP contribution in [0.5, 0.6) is 11.5 Å². The molecule has 0 fully saturated rings. The van der Waals surface area contributed by atoms with Crippen LogP contribution >= 0.6 is 27.7 Å². The Hall–Kier alpha value is -3.12. The molecule has 2 aromatic rings. The van der Waals surface area contributed by atoms with Gasteiger partial charge in [-0.05, 0) is 30.5 Å². The van der Waals surface area contributed by atoms with Crippen molar-refractivity contribution in [2.45, 2.75) is 6.17 Å². The minimum absolute atomic E-state index is 0.0210. The topological polar surface area (TPSA) is 119 Å². The lowest BCUT2D eigenvalue weighted by molar-refractivity contribution is -0.386. The molecule has 12 heteroatoms. The molecule has 1 N–H and O–H groups in total. The van der Waals surface area contributed by atoms with Crippen LogP contribution in [0.15, 0.2) is 44.9 Å². The van der Waals surface area contributed by atoms with E-state index in [-0.39, 0.29) is 29.6 Å². The van der Waals surface area contributed by atoms with Crippen molar-refractivity contribution < 1.29 is 19.2 Å². The zero-order valence-electron chi connectivity index (χ0n) is 15.3. The molecule has 0 aromatic heterocycles. The summed E-state index contributed by atoms with van der Waals surface area (Å²) in [5.74, 6) is 0.306. The molecule has 5 rings (SSSR count). The molecule has 3 aliphatic rings. The molecule has 1 amide bonds. The summed E-state index contributed by atoms with van der Waals surface area (Å²) in [7, 11) is 0. The number of carbonyl (C=O) groups is 1. The molecule has 152 valence electrons. The molecule has 0 aliphatic carbocycles. The third kappa shape index (κ3) is 2.91. The maximum atomic E-state index is 12.9. The molecule has 10 nitrogen and oxygen atoms in total. The molecule has 1 unspecified atom stereocenters. The average Bonchev–Trinajstić information content (AvgIpc) is 3.19. The predicted octanol–water partition coefficient (Wildman–Crippen LogP) is 1.59. The highest BCUT2D eigenvalue weighted by molar-refractivity contribution is 9.10. The van der Waals surface area contributed by atoms with Gasteiger partial charge in [0.15, 0.2) is 22.8 Å². The number of carbonyl (C=O) groups excluding carboxylic acids is 1. The molecule has 3 heterocycles. The molecule has 2 aromatic carbocycles. The van der Waals surface area contributed by atoms with Crippen molar-refractivity contribution in [2.75, 3.05) is 13.0 Å². The van der Waals surface area contributed by atoms with E-state index in [0.29, 0.717) is 27.2 Å². The second kappa shape index (κ2) is 6.99. The van der Waals surface area contributed by atoms with Gasteiger partial charge in [-0.25, -0.2) is 5.01 Å². The quantitative estimate of drug-likeness (QED) is 0.502. The summed E-state index contributed by atoms with van der Waals surface area (Å²) in [5, 5.41) is 21.9. The van der Waals surface area contributed by atoms with Crippen LogP contribution in [0, 0.1) is 10.1 Å². The van der Waals surface area contributed by atoms with E-state index < -0.39 is 11.1 Å². The van der Waals surface area contributed by atoms with Crippen LogP contribution in [0.2, 0.25) is 0 Å². The largest absolute Gasteiger partial charge is 0.454 e. The monoisotopic (exact) mass is 489 g/mol. The van der Waals surface area contributed by atoms with Crippen molar-refractivity contribution in [2.24, 2.45) is 10.1 Å². The molecule has 3 aliphatic heterocycles. The van der Waals surface area contributed by atoms with Gasteiger partial charge in [-0.15, -0.1) is 5.10 Å². The Morgan fingerprint density at radius 3 is 2.80 bits per heavy atom. The lowest BCUT2D eigenvalue weighted by Gasteiger charge is -2.33. The highest BCUT2D eigenvalue weighted by atomic mass is 79.9. The van der Waals surface area contributed by atoms with Gasteiger partial charge in [0.25, 0.3) is 11.6 Å². The normalized spacial score (nSPS) is 18.8. The number of halogens is 1. The summed E-state index contributed by atoms with van der Waals surface area (Å²) in [6.45, 7) is -0.0210. The molecule has 0 spiro atoms. The summed E-state index contributed by atoms with van der Waals surface area (Å²) in [4.78, 5) is 28.9. The SMILES string of the molecule is CSC1=NN2C(=c3cc(Br)ccc3=NC2c2cc3c(cc2[N+](=O)[O-])OCO3)C(=O)N1. The van der Waals surface area contributed by atoms with E-state index in [1.807, 2.05) is 0 Å². The number of fused-ring (bicyclic) bond motifs is 3. The van der Waals surface area contributed by atoms with Crippen molar-refractivity contribution >= 4 is 50.2 Å². The zero-order chi connectivity index (χ0) is 21.0. The molecular formula is C18H12BrN5O5S. The molecule has 0 bridgehead atoms. The van der Waals surface area contributed by atoms with Gasteiger partial charge in [0, 0.05) is 9.69 Å². The van der Waals surface area contributed by atoms with Crippen molar-refractivity contribution in [1.29, 1.82) is 0 Å². The number of nitrogens with zero attached hydrogens (tertiary/aromatic N) is 4. The molecule has 0 saturated carbocycles. The Balaban J connectivity index is 1.80. The van der Waals surface area contributed by atoms with E-state index in [9.17, 15) is 14.9 Å². The van der Waals surface area contributed by atoms with Crippen LogP contribution < -0.4 is 25.4 Å². The first-order valence-corrected chi connectivity index (χ1v) is 10.7. The number of hydrogen-bond donors (Lipinski definition) is 1. The smallest absolute Gasteiger partial charge is 0.280 e. The number of nitro groups is 1. The number of ether oxygens (including phenoxy) is 2.